The summed E-state index contributed by atoms with van der Waals surface area (Å²) in [5.74, 6) is 0. The minimum Gasteiger partial charge on any atom is -0.388 e. The maximum Gasteiger partial charge on any atom is 0.416 e. The van der Waals surface area contributed by atoms with Crippen LogP contribution in [-0.2, 0) is 10.9 Å². The van der Waals surface area contributed by atoms with Gasteiger partial charge in [-0.15, -0.1) is 0 Å². The predicted octanol–water partition coefficient (Wildman–Crippen LogP) is 2.41. The molecule has 6 heteroatoms. The van der Waals surface area contributed by atoms with Crippen LogP contribution >= 0.6 is 0 Å². The first-order valence-electron chi connectivity index (χ1n) is 6.79. The number of halogens is 3. The molecule has 2 rings (SSSR count). The van der Waals surface area contributed by atoms with Gasteiger partial charge in [-0.05, 0) is 17.7 Å². The quantitative estimate of drug-likeness (QED) is 0.927. The second-order valence-electron chi connectivity index (χ2n) is 4.96. The Hall–Kier alpha value is -1.37. The van der Waals surface area contributed by atoms with Crippen LogP contribution in [0.25, 0.3) is 6.08 Å². The molecule has 0 spiro atoms. The molecular weight excluding hydrogens is 283 g/mol. The molecule has 0 radical (unpaired) electrons. The number of ether oxygens (including phenoxy) is 1. The van der Waals surface area contributed by atoms with Gasteiger partial charge in [0.25, 0.3) is 0 Å². The number of nitrogens with zero attached hydrogens (tertiary/aromatic N) is 1. The molecular formula is C15H18F3NO2. The summed E-state index contributed by atoms with van der Waals surface area (Å²) < 4.78 is 43.0. The van der Waals surface area contributed by atoms with E-state index in [2.05, 4.69) is 4.90 Å². The highest BCUT2D eigenvalue weighted by molar-refractivity contribution is 5.51. The van der Waals surface area contributed by atoms with Crippen LogP contribution in [-0.4, -0.2) is 49.0 Å². The normalized spacial score (nSPS) is 19.0. The number of aliphatic hydroxyl groups is 1. The summed E-state index contributed by atoms with van der Waals surface area (Å²) in [7, 11) is 0. The third kappa shape index (κ3) is 5.15. The van der Waals surface area contributed by atoms with Crippen molar-refractivity contribution < 1.29 is 23.0 Å². The van der Waals surface area contributed by atoms with Crippen LogP contribution in [0.5, 0.6) is 0 Å². The molecule has 1 heterocycles. The molecule has 3 nitrogen and oxygen atoms in total. The lowest BCUT2D eigenvalue weighted by Crippen LogP contribution is -2.40. The van der Waals surface area contributed by atoms with Gasteiger partial charge in [-0.2, -0.15) is 13.2 Å². The first kappa shape index (κ1) is 16.0. The highest BCUT2D eigenvalue weighted by Gasteiger charge is 2.30. The van der Waals surface area contributed by atoms with Crippen molar-refractivity contribution >= 4 is 6.08 Å². The Morgan fingerprint density at radius 3 is 2.67 bits per heavy atom. The molecule has 0 amide bonds. The summed E-state index contributed by atoms with van der Waals surface area (Å²) in [5.41, 5.74) is -0.266. The smallest absolute Gasteiger partial charge is 0.388 e. The second-order valence-corrected chi connectivity index (χ2v) is 4.96. The lowest BCUT2D eigenvalue weighted by atomic mass is 10.1. The van der Waals surface area contributed by atoms with Gasteiger partial charge in [0.15, 0.2) is 0 Å². The van der Waals surface area contributed by atoms with Gasteiger partial charge in [0.2, 0.25) is 0 Å². The van der Waals surface area contributed by atoms with E-state index in [0.29, 0.717) is 25.3 Å². The molecule has 0 aromatic heterocycles. The molecule has 1 atom stereocenters. The number of morpholine rings is 1. The molecule has 116 valence electrons. The van der Waals surface area contributed by atoms with E-state index in [1.165, 1.54) is 18.2 Å². The minimum atomic E-state index is -4.35. The molecule has 0 aliphatic carbocycles. The number of β-amino-alcohol motifs (C(OH)–C–C–N with tert-alkyl or cyclic N) is 1. The van der Waals surface area contributed by atoms with E-state index in [1.54, 1.807) is 6.07 Å². The van der Waals surface area contributed by atoms with Crippen molar-refractivity contribution in [1.82, 2.24) is 4.90 Å². The summed E-state index contributed by atoms with van der Waals surface area (Å²) in [6.45, 7) is 3.26. The van der Waals surface area contributed by atoms with Gasteiger partial charge in [-0.25, -0.2) is 0 Å². The van der Waals surface area contributed by atoms with Crippen LogP contribution in [0.15, 0.2) is 30.3 Å². The molecule has 1 aromatic carbocycles. The van der Waals surface area contributed by atoms with Crippen molar-refractivity contribution in [1.29, 1.82) is 0 Å². The van der Waals surface area contributed by atoms with E-state index in [9.17, 15) is 18.3 Å². The predicted molar refractivity (Wildman–Crippen MR) is 73.7 cm³/mol. The zero-order chi connectivity index (χ0) is 15.3. The van der Waals surface area contributed by atoms with Crippen LogP contribution in [0.1, 0.15) is 11.1 Å². The highest BCUT2D eigenvalue weighted by atomic mass is 19.4. The topological polar surface area (TPSA) is 32.7 Å². The molecule has 0 bridgehead atoms. The molecule has 21 heavy (non-hydrogen) atoms. The average Bonchev–Trinajstić information content (AvgIpc) is 2.46. The lowest BCUT2D eigenvalue weighted by molar-refractivity contribution is -0.137. The summed E-state index contributed by atoms with van der Waals surface area (Å²) >= 11 is 0. The van der Waals surface area contributed by atoms with Gasteiger partial charge in [0, 0.05) is 19.6 Å². The fourth-order valence-corrected chi connectivity index (χ4v) is 2.15. The van der Waals surface area contributed by atoms with Crippen molar-refractivity contribution in [2.45, 2.75) is 12.3 Å². The van der Waals surface area contributed by atoms with E-state index in [0.717, 1.165) is 25.2 Å². The van der Waals surface area contributed by atoms with E-state index >= 15 is 0 Å². The molecule has 1 aromatic rings. The minimum absolute atomic E-state index is 0.422. The van der Waals surface area contributed by atoms with Gasteiger partial charge in [-0.3, -0.25) is 4.90 Å². The average molecular weight is 301 g/mol. The Kier molecular flexibility index (Phi) is 5.39. The van der Waals surface area contributed by atoms with Crippen molar-refractivity contribution in [3.8, 4) is 0 Å². The van der Waals surface area contributed by atoms with Crippen molar-refractivity contribution in [3.05, 3.63) is 41.5 Å². The highest BCUT2D eigenvalue weighted by Crippen LogP contribution is 2.29. The van der Waals surface area contributed by atoms with Gasteiger partial charge >= 0.3 is 6.18 Å². The fraction of sp³-hybridized carbons (Fsp3) is 0.467. The van der Waals surface area contributed by atoms with Gasteiger partial charge in [0.1, 0.15) is 0 Å². The zero-order valence-corrected chi connectivity index (χ0v) is 11.5. The standard InChI is InChI=1S/C15H18F3NO2/c16-15(17,18)13-3-1-2-12(10-13)4-5-14(20)11-19-6-8-21-9-7-19/h1-5,10,14,20H,6-9,11H2/b5-4+. The van der Waals surface area contributed by atoms with Crippen molar-refractivity contribution in [2.75, 3.05) is 32.8 Å². The first-order valence-corrected chi connectivity index (χ1v) is 6.79. The number of aliphatic hydroxyl groups excluding tert-OH is 1. The zero-order valence-electron chi connectivity index (χ0n) is 11.5. The largest absolute Gasteiger partial charge is 0.416 e. The molecule has 1 N–H and O–H groups in total. The second kappa shape index (κ2) is 7.06. The summed E-state index contributed by atoms with van der Waals surface area (Å²) in [4.78, 5) is 2.06. The van der Waals surface area contributed by atoms with Crippen LogP contribution in [0.2, 0.25) is 0 Å². The van der Waals surface area contributed by atoms with Crippen molar-refractivity contribution in [2.24, 2.45) is 0 Å². The summed E-state index contributed by atoms with van der Waals surface area (Å²) in [5, 5.41) is 9.90. The van der Waals surface area contributed by atoms with Crippen LogP contribution in [0.3, 0.4) is 0 Å². The Morgan fingerprint density at radius 2 is 2.00 bits per heavy atom. The van der Waals surface area contributed by atoms with Crippen LogP contribution < -0.4 is 0 Å². The number of alkyl halides is 3. The maximum atomic E-state index is 12.6. The molecule has 1 aliphatic rings. The summed E-state index contributed by atoms with van der Waals surface area (Å²) in [6.07, 6.45) is -2.03. The SMILES string of the molecule is OC(/C=C/c1cccc(C(F)(F)F)c1)CN1CCOCC1. The van der Waals surface area contributed by atoms with E-state index in [4.69, 9.17) is 4.74 Å². The molecule has 1 fully saturated rings. The van der Waals surface area contributed by atoms with Gasteiger partial charge in [0.05, 0.1) is 24.9 Å². The van der Waals surface area contributed by atoms with E-state index in [-0.39, 0.29) is 0 Å². The van der Waals surface area contributed by atoms with Gasteiger partial charge < -0.3 is 9.84 Å². The van der Waals surface area contributed by atoms with Gasteiger partial charge in [-0.1, -0.05) is 24.3 Å². The number of benzene rings is 1. The Balaban J connectivity index is 1.93. The Bertz CT molecular complexity index is 482. The third-order valence-electron chi connectivity index (χ3n) is 3.27. The van der Waals surface area contributed by atoms with Crippen LogP contribution in [0.4, 0.5) is 13.2 Å². The molecule has 1 unspecified atom stereocenters. The third-order valence-corrected chi connectivity index (χ3v) is 3.27. The maximum absolute atomic E-state index is 12.6. The number of hydrogen-bond donors (Lipinski definition) is 1. The number of hydrogen-bond acceptors (Lipinski definition) is 3. The van der Waals surface area contributed by atoms with Crippen molar-refractivity contribution in [3.63, 3.8) is 0 Å². The Morgan fingerprint density at radius 1 is 1.29 bits per heavy atom. The van der Waals surface area contributed by atoms with E-state index in [1.807, 2.05) is 0 Å². The lowest BCUT2D eigenvalue weighted by Gasteiger charge is -2.27. The summed E-state index contributed by atoms with van der Waals surface area (Å²) in [6, 6.07) is 5.03. The van der Waals surface area contributed by atoms with E-state index < -0.39 is 17.8 Å². The first-order chi connectivity index (χ1) is 9.95. The number of rotatable bonds is 4. The van der Waals surface area contributed by atoms with Crippen LogP contribution in [0, 0.1) is 0 Å². The molecule has 0 saturated carbocycles. The molecule has 1 aliphatic heterocycles. The monoisotopic (exact) mass is 301 g/mol. The fourth-order valence-electron chi connectivity index (χ4n) is 2.15. The molecule has 1 saturated heterocycles. The Labute approximate surface area is 121 Å².